The Balaban J connectivity index is 1.30. The average Bonchev–Trinajstić information content (AvgIpc) is 3.71. The van der Waals surface area contributed by atoms with Crippen LogP contribution in [0.15, 0.2) is 72.1 Å². The third kappa shape index (κ3) is 7.17. The molecule has 0 spiro atoms. The molecule has 54 heavy (non-hydrogen) atoms. The molecule has 5 amide bonds. The molecule has 4 heterocycles. The van der Waals surface area contributed by atoms with Gasteiger partial charge in [-0.05, 0) is 49.2 Å². The molecule has 3 unspecified atom stereocenters. The number of aliphatic carboxylic acids is 1. The number of nitrogens with zero attached hydrogens (tertiary/aromatic N) is 5. The molecule has 3 aliphatic rings. The number of amides is 5. The topological polar surface area (TPSA) is 243 Å². The predicted molar refractivity (Wildman–Crippen MR) is 191 cm³/mol. The van der Waals surface area contributed by atoms with Crippen LogP contribution in [0.5, 0.6) is 5.88 Å². The number of ether oxygens (including phenoxy) is 1. The number of carbonyl (C=O) groups excluding carboxylic acids is 6. The van der Waals surface area contributed by atoms with Crippen molar-refractivity contribution in [1.29, 1.82) is 0 Å². The maximum Gasteiger partial charge on any atom is 0.352 e. The van der Waals surface area contributed by atoms with Crippen molar-refractivity contribution in [3.05, 3.63) is 83.2 Å². The Kier molecular flexibility index (Phi) is 10.9. The minimum absolute atomic E-state index is 0.00151. The van der Waals surface area contributed by atoms with Crippen LogP contribution < -0.4 is 16.0 Å². The summed E-state index contributed by atoms with van der Waals surface area (Å²) >= 11 is 1.05. The molecule has 2 fully saturated rings. The molecule has 5 N–H and O–H groups in total. The van der Waals surface area contributed by atoms with Gasteiger partial charge in [0.2, 0.25) is 11.8 Å². The SMILES string of the molecule is CC(=O)OCC1=C(C(=O)O)N2C(=O)C(N(C(=O)c3cnc(-c4ccc(N(C(C)=O)C(=O)C5CCCN5)cc4)nc3O)C(=O)C(N)c3ccccc3)[C@@H]2SC1. The lowest BCUT2D eigenvalue weighted by molar-refractivity contribution is -0.157. The number of anilines is 1. The van der Waals surface area contributed by atoms with Crippen LogP contribution in [-0.2, 0) is 33.5 Å². The molecule has 0 radical (unpaired) electrons. The fraction of sp³-hybridized carbons (Fsp3) is 0.306. The van der Waals surface area contributed by atoms with Crippen LogP contribution in [0.25, 0.3) is 11.4 Å². The number of carboxylic acids is 1. The molecule has 4 atom stereocenters. The minimum Gasteiger partial charge on any atom is -0.493 e. The molecule has 0 saturated carbocycles. The van der Waals surface area contributed by atoms with Gasteiger partial charge in [0, 0.05) is 36.9 Å². The van der Waals surface area contributed by atoms with Gasteiger partial charge in [0.05, 0.1) is 11.7 Å². The lowest BCUT2D eigenvalue weighted by Gasteiger charge is -2.52. The minimum atomic E-state index is -1.53. The first-order valence-corrected chi connectivity index (χ1v) is 17.8. The van der Waals surface area contributed by atoms with Crippen LogP contribution in [0.4, 0.5) is 5.69 Å². The highest BCUT2D eigenvalue weighted by atomic mass is 32.2. The summed E-state index contributed by atoms with van der Waals surface area (Å²) in [7, 11) is 0. The summed E-state index contributed by atoms with van der Waals surface area (Å²) in [6.07, 6.45) is 2.39. The number of aromatic nitrogens is 2. The van der Waals surface area contributed by atoms with Gasteiger partial charge in [0.15, 0.2) is 5.82 Å². The highest BCUT2D eigenvalue weighted by molar-refractivity contribution is 8.00. The van der Waals surface area contributed by atoms with Crippen LogP contribution in [0.1, 0.15) is 48.7 Å². The summed E-state index contributed by atoms with van der Waals surface area (Å²) in [4.78, 5) is 102. The van der Waals surface area contributed by atoms with Gasteiger partial charge >= 0.3 is 11.9 Å². The van der Waals surface area contributed by atoms with Gasteiger partial charge in [-0.15, -0.1) is 11.8 Å². The first-order valence-electron chi connectivity index (χ1n) is 16.8. The number of esters is 1. The first-order chi connectivity index (χ1) is 25.8. The number of hydrogen-bond acceptors (Lipinski definition) is 14. The zero-order valence-electron chi connectivity index (χ0n) is 29.0. The second-order valence-corrected chi connectivity index (χ2v) is 13.7. The third-order valence-corrected chi connectivity index (χ3v) is 10.4. The molecule has 6 rings (SSSR count). The zero-order valence-corrected chi connectivity index (χ0v) is 29.8. The van der Waals surface area contributed by atoms with Crippen molar-refractivity contribution in [2.24, 2.45) is 5.73 Å². The van der Waals surface area contributed by atoms with Gasteiger partial charge in [-0.3, -0.25) is 38.6 Å². The zero-order chi connectivity index (χ0) is 38.8. The Hall–Kier alpha value is -5.98. The van der Waals surface area contributed by atoms with Gasteiger partial charge in [0.1, 0.15) is 35.3 Å². The maximum atomic E-state index is 14.2. The van der Waals surface area contributed by atoms with Crippen molar-refractivity contribution >= 4 is 58.9 Å². The van der Waals surface area contributed by atoms with Gasteiger partial charge in [-0.2, -0.15) is 4.98 Å². The number of rotatable bonds is 10. The number of benzene rings is 2. The van der Waals surface area contributed by atoms with Gasteiger partial charge in [0.25, 0.3) is 23.6 Å². The van der Waals surface area contributed by atoms with E-state index < -0.39 is 76.2 Å². The molecule has 280 valence electrons. The molecule has 3 aliphatic heterocycles. The van der Waals surface area contributed by atoms with Crippen molar-refractivity contribution in [2.45, 2.75) is 50.2 Å². The van der Waals surface area contributed by atoms with Crippen molar-refractivity contribution in [1.82, 2.24) is 25.1 Å². The number of imide groups is 2. The van der Waals surface area contributed by atoms with E-state index in [-0.39, 0.29) is 29.7 Å². The standard InChI is InChI=1S/C36H35N7O10S/c1-18(44)41(32(48)25-9-6-14-38-25)23-12-10-21(11-13-23)29-39-15-24(30(46)40-29)31(47)42(33(49)26(37)20-7-4-3-5-8-20)28-34(50)43-27(36(51)52)22(16-53-19(2)45)17-54-35(28)43/h3-5,7-8,10-13,15,25-26,28,35,38H,6,9,14,16-17,37H2,1-2H3,(H,51,52)(H,39,40,46)/t25?,26?,28?,35-/m0/s1. The van der Waals surface area contributed by atoms with Crippen LogP contribution >= 0.6 is 11.8 Å². The molecular weight excluding hydrogens is 723 g/mol. The monoisotopic (exact) mass is 757 g/mol. The number of carboxylic acid groups (broad SMARTS) is 1. The molecule has 18 heteroatoms. The van der Waals surface area contributed by atoms with Crippen LogP contribution in [0, 0.1) is 0 Å². The summed E-state index contributed by atoms with van der Waals surface area (Å²) < 4.78 is 4.98. The van der Waals surface area contributed by atoms with Crippen LogP contribution in [0.2, 0.25) is 0 Å². The number of hydrogen-bond donors (Lipinski definition) is 4. The molecule has 0 bridgehead atoms. The molecule has 2 saturated heterocycles. The van der Waals surface area contributed by atoms with Gasteiger partial charge in [-0.1, -0.05) is 30.3 Å². The Labute approximate surface area is 312 Å². The highest BCUT2D eigenvalue weighted by Gasteiger charge is 2.59. The normalized spacial score (nSPS) is 19.6. The third-order valence-electron chi connectivity index (χ3n) is 9.11. The fourth-order valence-corrected chi connectivity index (χ4v) is 7.82. The van der Waals surface area contributed by atoms with E-state index in [1.807, 2.05) is 0 Å². The number of β-lactam (4-membered cyclic amide) rings is 1. The smallest absolute Gasteiger partial charge is 0.352 e. The van der Waals surface area contributed by atoms with Crippen molar-refractivity contribution in [3.63, 3.8) is 0 Å². The Morgan fingerprint density at radius 3 is 2.37 bits per heavy atom. The van der Waals surface area contributed by atoms with Gasteiger partial charge in [-0.25, -0.2) is 14.7 Å². The second-order valence-electron chi connectivity index (χ2n) is 12.6. The summed E-state index contributed by atoms with van der Waals surface area (Å²) in [5.41, 5.74) is 6.48. The van der Waals surface area contributed by atoms with E-state index >= 15 is 0 Å². The Morgan fingerprint density at radius 2 is 1.78 bits per heavy atom. The maximum absolute atomic E-state index is 14.2. The van der Waals surface area contributed by atoms with E-state index in [0.29, 0.717) is 34.7 Å². The Morgan fingerprint density at radius 1 is 1.07 bits per heavy atom. The molecule has 17 nitrogen and oxygen atoms in total. The van der Waals surface area contributed by atoms with E-state index in [9.17, 15) is 43.8 Å². The number of aromatic hydroxyl groups is 1. The van der Waals surface area contributed by atoms with E-state index in [4.69, 9.17) is 10.5 Å². The summed E-state index contributed by atoms with van der Waals surface area (Å²) in [6.45, 7) is 2.73. The number of nitrogens with one attached hydrogen (secondary N) is 1. The number of fused-ring (bicyclic) bond motifs is 1. The highest BCUT2D eigenvalue weighted by Crippen LogP contribution is 2.43. The van der Waals surface area contributed by atoms with E-state index in [2.05, 4.69) is 15.3 Å². The van der Waals surface area contributed by atoms with Gasteiger partial charge < -0.3 is 26.0 Å². The fourth-order valence-electron chi connectivity index (χ4n) is 6.45. The van der Waals surface area contributed by atoms with Crippen molar-refractivity contribution in [3.8, 4) is 17.3 Å². The largest absolute Gasteiger partial charge is 0.493 e. The van der Waals surface area contributed by atoms with Crippen molar-refractivity contribution < 1.29 is 48.5 Å². The average molecular weight is 758 g/mol. The van der Waals surface area contributed by atoms with Crippen molar-refractivity contribution in [2.75, 3.05) is 23.8 Å². The van der Waals surface area contributed by atoms with E-state index in [0.717, 1.165) is 41.1 Å². The lowest BCUT2D eigenvalue weighted by Crippen LogP contribution is -2.72. The number of nitrogens with two attached hydrogens (primary N) is 1. The summed E-state index contributed by atoms with van der Waals surface area (Å²) in [5, 5.41) is 23.1. The van der Waals surface area contributed by atoms with E-state index in [1.165, 1.54) is 31.2 Å². The predicted octanol–water partition coefficient (Wildman–Crippen LogP) is 1.34. The molecule has 0 aliphatic carbocycles. The molecule has 2 aromatic carbocycles. The Bertz CT molecular complexity index is 2070. The lowest BCUT2D eigenvalue weighted by atomic mass is 9.98. The summed E-state index contributed by atoms with van der Waals surface area (Å²) in [5.74, 6) is -6.93. The second kappa shape index (κ2) is 15.6. The van der Waals surface area contributed by atoms with Crippen LogP contribution in [0.3, 0.4) is 0 Å². The van der Waals surface area contributed by atoms with E-state index in [1.54, 1.807) is 30.3 Å². The molecule has 1 aromatic heterocycles. The van der Waals surface area contributed by atoms with Crippen LogP contribution in [-0.4, -0.2) is 108 Å². The number of carbonyl (C=O) groups is 7. The quantitative estimate of drug-likeness (QED) is 0.168. The summed E-state index contributed by atoms with van der Waals surface area (Å²) in [6, 6.07) is 10.7. The molecule has 3 aromatic rings. The number of thioether (sulfide) groups is 1. The molecular formula is C36H35N7O10S. The first kappa shape index (κ1) is 37.8.